The van der Waals surface area contributed by atoms with Crippen LogP contribution in [-0.4, -0.2) is 34.5 Å². The van der Waals surface area contributed by atoms with E-state index in [-0.39, 0.29) is 17.7 Å². The van der Waals surface area contributed by atoms with Gasteiger partial charge in [-0.25, -0.2) is 8.78 Å². The molecule has 1 fully saturated rings. The fourth-order valence-corrected chi connectivity index (χ4v) is 2.53. The van der Waals surface area contributed by atoms with E-state index in [1.165, 1.54) is 11.8 Å². The smallest absolute Gasteiger partial charge is 0.308 e. The Morgan fingerprint density at radius 2 is 1.95 bits per heavy atom. The maximum atomic E-state index is 13.7. The number of likely N-dealkylation sites (tertiary alicyclic amines) is 1. The number of carboxylic acid groups (broad SMARTS) is 1. The van der Waals surface area contributed by atoms with Crippen molar-refractivity contribution in [3.05, 3.63) is 34.9 Å². The number of carboxylic acids is 1. The Hall–Kier alpha value is -1.98. The predicted molar refractivity (Wildman–Crippen MR) is 67.3 cm³/mol. The zero-order valence-electron chi connectivity index (χ0n) is 11.2. The van der Waals surface area contributed by atoms with Crippen LogP contribution < -0.4 is 0 Å². The fraction of sp³-hybridized carbons (Fsp3) is 0.429. The first-order valence-corrected chi connectivity index (χ1v) is 6.32. The van der Waals surface area contributed by atoms with Gasteiger partial charge in [-0.3, -0.25) is 9.59 Å². The minimum absolute atomic E-state index is 0.177. The van der Waals surface area contributed by atoms with Crippen LogP contribution in [0.2, 0.25) is 0 Å². The molecule has 1 aromatic carbocycles. The molecule has 2 unspecified atom stereocenters. The number of halogens is 2. The van der Waals surface area contributed by atoms with Gasteiger partial charge in [-0.15, -0.1) is 0 Å². The number of carbonyl (C=O) groups excluding carboxylic acids is 1. The van der Waals surface area contributed by atoms with Crippen LogP contribution >= 0.6 is 0 Å². The summed E-state index contributed by atoms with van der Waals surface area (Å²) in [6.07, 6.45) is 0.337. The van der Waals surface area contributed by atoms with Crippen LogP contribution in [0.3, 0.4) is 0 Å². The van der Waals surface area contributed by atoms with Gasteiger partial charge in [0.05, 0.1) is 11.5 Å². The largest absolute Gasteiger partial charge is 0.481 e. The van der Waals surface area contributed by atoms with Gasteiger partial charge in [0.25, 0.3) is 5.91 Å². The zero-order chi connectivity index (χ0) is 15.0. The topological polar surface area (TPSA) is 57.6 Å². The Morgan fingerprint density at radius 3 is 2.50 bits per heavy atom. The van der Waals surface area contributed by atoms with Gasteiger partial charge in [0, 0.05) is 18.7 Å². The molecule has 1 heterocycles. The molecule has 1 aliphatic rings. The molecular weight excluding hydrogens is 268 g/mol. The molecule has 0 radical (unpaired) electrons. The summed E-state index contributed by atoms with van der Waals surface area (Å²) in [6.45, 7) is 3.32. The second-order valence-corrected chi connectivity index (χ2v) is 5.05. The Kier molecular flexibility index (Phi) is 3.74. The van der Waals surface area contributed by atoms with Crippen LogP contribution in [0.1, 0.15) is 29.3 Å². The highest BCUT2D eigenvalue weighted by molar-refractivity contribution is 5.95. The molecule has 0 aromatic heterocycles. The summed E-state index contributed by atoms with van der Waals surface area (Å²) in [6, 6.07) is 1.33. The lowest BCUT2D eigenvalue weighted by atomic mass is 10.0. The number of hydrogen-bond donors (Lipinski definition) is 1. The van der Waals surface area contributed by atoms with Crippen LogP contribution in [0.4, 0.5) is 8.78 Å². The van der Waals surface area contributed by atoms with Crippen molar-refractivity contribution >= 4 is 11.9 Å². The average molecular weight is 283 g/mol. The lowest BCUT2D eigenvalue weighted by Gasteiger charge is -2.23. The zero-order valence-corrected chi connectivity index (χ0v) is 11.2. The van der Waals surface area contributed by atoms with E-state index in [2.05, 4.69) is 0 Å². The first-order valence-electron chi connectivity index (χ1n) is 6.32. The van der Waals surface area contributed by atoms with Crippen LogP contribution in [0.25, 0.3) is 0 Å². The summed E-state index contributed by atoms with van der Waals surface area (Å²) >= 11 is 0. The van der Waals surface area contributed by atoms with Gasteiger partial charge in [0.15, 0.2) is 0 Å². The maximum Gasteiger partial charge on any atom is 0.308 e. The average Bonchev–Trinajstić information content (AvgIpc) is 2.75. The Balaban J connectivity index is 2.29. The van der Waals surface area contributed by atoms with E-state index in [4.69, 9.17) is 5.11 Å². The van der Waals surface area contributed by atoms with Crippen LogP contribution in [0.5, 0.6) is 0 Å². The molecule has 108 valence electrons. The third kappa shape index (κ3) is 2.37. The third-order valence-corrected chi connectivity index (χ3v) is 3.81. The molecule has 4 nitrogen and oxygen atoms in total. The van der Waals surface area contributed by atoms with Gasteiger partial charge < -0.3 is 10.0 Å². The summed E-state index contributed by atoms with van der Waals surface area (Å²) < 4.78 is 26.9. The number of aliphatic carboxylic acids is 1. The van der Waals surface area contributed by atoms with E-state index in [0.717, 1.165) is 6.07 Å². The maximum absolute atomic E-state index is 13.7. The number of benzene rings is 1. The van der Waals surface area contributed by atoms with Crippen LogP contribution in [0.15, 0.2) is 12.1 Å². The van der Waals surface area contributed by atoms with Gasteiger partial charge in [0.2, 0.25) is 0 Å². The lowest BCUT2D eigenvalue weighted by Crippen LogP contribution is -2.38. The second kappa shape index (κ2) is 5.19. The van der Waals surface area contributed by atoms with Crippen molar-refractivity contribution in [2.24, 2.45) is 5.92 Å². The SMILES string of the molecule is Cc1cc(C(=O)N2CCC(C(=O)O)C2C)c(F)cc1F. The highest BCUT2D eigenvalue weighted by atomic mass is 19.1. The van der Waals surface area contributed by atoms with Gasteiger partial charge in [0.1, 0.15) is 11.6 Å². The molecule has 0 aliphatic carbocycles. The number of amides is 1. The summed E-state index contributed by atoms with van der Waals surface area (Å²) in [5.74, 6) is -3.85. The molecule has 1 N–H and O–H groups in total. The Labute approximate surface area is 115 Å². The molecule has 1 aromatic rings. The van der Waals surface area contributed by atoms with E-state index in [0.29, 0.717) is 12.5 Å². The van der Waals surface area contributed by atoms with E-state index in [1.54, 1.807) is 6.92 Å². The predicted octanol–water partition coefficient (Wildman–Crippen LogP) is 2.21. The molecule has 1 saturated heterocycles. The van der Waals surface area contributed by atoms with E-state index in [1.807, 2.05) is 0 Å². The van der Waals surface area contributed by atoms with E-state index in [9.17, 15) is 18.4 Å². The minimum atomic E-state index is -0.969. The Bertz CT molecular complexity index is 574. The standard InChI is InChI=1S/C14H15F2NO3/c1-7-5-10(12(16)6-11(7)15)13(18)17-4-3-9(8(17)2)14(19)20/h5-6,8-9H,3-4H2,1-2H3,(H,19,20). The first kappa shape index (κ1) is 14.4. The van der Waals surface area contributed by atoms with Crippen molar-refractivity contribution in [2.45, 2.75) is 26.3 Å². The lowest BCUT2D eigenvalue weighted by molar-refractivity contribution is -0.142. The van der Waals surface area contributed by atoms with Crippen LogP contribution in [-0.2, 0) is 4.79 Å². The van der Waals surface area contributed by atoms with Crippen molar-refractivity contribution in [3.63, 3.8) is 0 Å². The summed E-state index contributed by atoms with van der Waals surface area (Å²) in [4.78, 5) is 24.6. The number of hydrogen-bond acceptors (Lipinski definition) is 2. The molecule has 2 rings (SSSR count). The molecule has 20 heavy (non-hydrogen) atoms. The van der Waals surface area contributed by atoms with Crippen molar-refractivity contribution in [2.75, 3.05) is 6.54 Å². The summed E-state index contributed by atoms with van der Waals surface area (Å²) in [5, 5.41) is 9.03. The number of rotatable bonds is 2. The Morgan fingerprint density at radius 1 is 1.30 bits per heavy atom. The fourth-order valence-electron chi connectivity index (χ4n) is 2.53. The van der Waals surface area contributed by atoms with Crippen LogP contribution in [0, 0.1) is 24.5 Å². The van der Waals surface area contributed by atoms with Gasteiger partial charge >= 0.3 is 5.97 Å². The minimum Gasteiger partial charge on any atom is -0.481 e. The molecule has 1 amide bonds. The van der Waals surface area contributed by atoms with Crippen molar-refractivity contribution < 1.29 is 23.5 Å². The van der Waals surface area contributed by atoms with Crippen molar-refractivity contribution in [1.82, 2.24) is 4.90 Å². The van der Waals surface area contributed by atoms with E-state index < -0.39 is 35.5 Å². The molecule has 0 bridgehead atoms. The number of aryl methyl sites for hydroxylation is 1. The molecular formula is C14H15F2NO3. The first-order chi connectivity index (χ1) is 9.32. The molecule has 1 aliphatic heterocycles. The second-order valence-electron chi connectivity index (χ2n) is 5.05. The quantitative estimate of drug-likeness (QED) is 0.905. The highest BCUT2D eigenvalue weighted by Crippen LogP contribution is 2.27. The van der Waals surface area contributed by atoms with Gasteiger partial charge in [-0.1, -0.05) is 0 Å². The number of nitrogens with zero attached hydrogens (tertiary/aromatic N) is 1. The number of carbonyl (C=O) groups is 2. The van der Waals surface area contributed by atoms with Gasteiger partial charge in [-0.05, 0) is 31.9 Å². The molecule has 6 heteroatoms. The van der Waals surface area contributed by atoms with Gasteiger partial charge in [-0.2, -0.15) is 0 Å². The van der Waals surface area contributed by atoms with Crippen molar-refractivity contribution in [3.8, 4) is 0 Å². The summed E-state index contributed by atoms with van der Waals surface area (Å²) in [7, 11) is 0. The van der Waals surface area contributed by atoms with Crippen molar-refractivity contribution in [1.29, 1.82) is 0 Å². The monoisotopic (exact) mass is 283 g/mol. The molecule has 0 saturated carbocycles. The third-order valence-electron chi connectivity index (χ3n) is 3.81. The highest BCUT2D eigenvalue weighted by Gasteiger charge is 2.39. The molecule has 2 atom stereocenters. The summed E-state index contributed by atoms with van der Waals surface area (Å²) in [5.41, 5.74) is -0.0434. The van der Waals surface area contributed by atoms with E-state index >= 15 is 0 Å². The molecule has 0 spiro atoms. The normalized spacial score (nSPS) is 22.1.